The monoisotopic (exact) mass is 195 g/mol. The lowest BCUT2D eigenvalue weighted by Gasteiger charge is -2.21. The zero-order valence-corrected chi connectivity index (χ0v) is 7.97. The molecular weight excluding hydrogens is 180 g/mol. The minimum absolute atomic E-state index is 0.416. The van der Waals surface area contributed by atoms with Crippen molar-refractivity contribution in [3.05, 3.63) is 0 Å². The lowest BCUT2D eigenvalue weighted by molar-refractivity contribution is -0.144. The molecular formula is C8H15F2NO2. The number of rotatable bonds is 4. The van der Waals surface area contributed by atoms with Gasteiger partial charge in [0.2, 0.25) is 0 Å². The van der Waals surface area contributed by atoms with Gasteiger partial charge in [-0.3, -0.25) is 4.79 Å². The topological polar surface area (TPSA) is 49.3 Å². The molecule has 0 unspecified atom stereocenters. The van der Waals surface area contributed by atoms with Gasteiger partial charge < -0.3 is 10.4 Å². The molecule has 0 aromatic carbocycles. The van der Waals surface area contributed by atoms with Crippen molar-refractivity contribution >= 4 is 5.91 Å². The van der Waals surface area contributed by atoms with Crippen LogP contribution in [-0.2, 0) is 4.79 Å². The highest BCUT2D eigenvalue weighted by molar-refractivity contribution is 5.83. The van der Waals surface area contributed by atoms with Gasteiger partial charge in [0.05, 0.1) is 12.1 Å². The van der Waals surface area contributed by atoms with Crippen molar-refractivity contribution in [1.29, 1.82) is 0 Å². The Labute approximate surface area is 76.1 Å². The van der Waals surface area contributed by atoms with Crippen molar-refractivity contribution in [1.82, 2.24) is 5.32 Å². The fourth-order valence-corrected chi connectivity index (χ4v) is 0.859. The molecule has 78 valence electrons. The largest absolute Gasteiger partial charge is 0.391 e. The SMILES string of the molecule is CC[C@H](NC(=O)C(C)(F)F)[C@@H](C)O. The first-order valence-corrected chi connectivity index (χ1v) is 4.16. The summed E-state index contributed by atoms with van der Waals surface area (Å²) in [4.78, 5) is 10.8. The number of carbonyl (C=O) groups is 1. The molecule has 13 heavy (non-hydrogen) atoms. The Balaban J connectivity index is 4.18. The second kappa shape index (κ2) is 4.50. The van der Waals surface area contributed by atoms with E-state index >= 15 is 0 Å². The number of hydrogen-bond donors (Lipinski definition) is 2. The lowest BCUT2D eigenvalue weighted by atomic mass is 10.1. The lowest BCUT2D eigenvalue weighted by Crippen LogP contribution is -2.47. The Morgan fingerprint density at radius 2 is 2.08 bits per heavy atom. The maximum absolute atomic E-state index is 12.4. The maximum Gasteiger partial charge on any atom is 0.321 e. The summed E-state index contributed by atoms with van der Waals surface area (Å²) in [5.41, 5.74) is 0. The van der Waals surface area contributed by atoms with E-state index in [4.69, 9.17) is 5.11 Å². The fraction of sp³-hybridized carbons (Fsp3) is 0.875. The van der Waals surface area contributed by atoms with E-state index in [9.17, 15) is 13.6 Å². The van der Waals surface area contributed by atoms with Crippen LogP contribution >= 0.6 is 0 Å². The number of halogens is 2. The molecule has 0 saturated carbocycles. The van der Waals surface area contributed by atoms with Crippen molar-refractivity contribution < 1.29 is 18.7 Å². The van der Waals surface area contributed by atoms with Crippen LogP contribution in [0.15, 0.2) is 0 Å². The molecule has 0 aromatic heterocycles. The normalized spacial score (nSPS) is 16.5. The van der Waals surface area contributed by atoms with E-state index in [2.05, 4.69) is 5.32 Å². The Kier molecular flexibility index (Phi) is 4.26. The van der Waals surface area contributed by atoms with E-state index in [1.807, 2.05) is 0 Å². The van der Waals surface area contributed by atoms with Gasteiger partial charge in [-0.15, -0.1) is 0 Å². The number of amides is 1. The standard InChI is InChI=1S/C8H15F2NO2/c1-4-6(5(2)12)11-7(13)8(3,9)10/h5-6,12H,4H2,1-3H3,(H,11,13)/t5-,6+/m1/s1. The molecule has 0 aliphatic carbocycles. The van der Waals surface area contributed by atoms with Crippen LogP contribution in [-0.4, -0.2) is 29.1 Å². The van der Waals surface area contributed by atoms with E-state index < -0.39 is 24.0 Å². The molecule has 0 spiro atoms. The molecule has 0 aliphatic heterocycles. The molecule has 0 aliphatic rings. The molecule has 2 N–H and O–H groups in total. The third-order valence-corrected chi connectivity index (χ3v) is 1.74. The van der Waals surface area contributed by atoms with Crippen molar-refractivity contribution in [2.24, 2.45) is 0 Å². The van der Waals surface area contributed by atoms with Crippen molar-refractivity contribution in [2.75, 3.05) is 0 Å². The van der Waals surface area contributed by atoms with Gasteiger partial charge in [0.15, 0.2) is 0 Å². The number of aliphatic hydroxyl groups excluding tert-OH is 1. The Morgan fingerprint density at radius 1 is 1.62 bits per heavy atom. The van der Waals surface area contributed by atoms with Gasteiger partial charge in [-0.2, -0.15) is 8.78 Å². The van der Waals surface area contributed by atoms with Crippen molar-refractivity contribution in [2.45, 2.75) is 45.3 Å². The average Bonchev–Trinajstić information content (AvgIpc) is 1.96. The molecule has 0 heterocycles. The fourth-order valence-electron chi connectivity index (χ4n) is 0.859. The first-order chi connectivity index (χ1) is 5.79. The summed E-state index contributed by atoms with van der Waals surface area (Å²) in [5, 5.41) is 11.1. The van der Waals surface area contributed by atoms with Crippen LogP contribution in [0.3, 0.4) is 0 Å². The van der Waals surface area contributed by atoms with Gasteiger partial charge in [0.1, 0.15) is 0 Å². The highest BCUT2D eigenvalue weighted by Gasteiger charge is 2.33. The van der Waals surface area contributed by atoms with Crippen LogP contribution in [0.2, 0.25) is 0 Å². The summed E-state index contributed by atoms with van der Waals surface area (Å²) in [6, 6.07) is -0.613. The molecule has 1 amide bonds. The first kappa shape index (κ1) is 12.3. The van der Waals surface area contributed by atoms with E-state index in [1.54, 1.807) is 6.92 Å². The number of aliphatic hydroxyl groups is 1. The minimum Gasteiger partial charge on any atom is -0.391 e. The molecule has 0 fully saturated rings. The van der Waals surface area contributed by atoms with Crippen molar-refractivity contribution in [3.63, 3.8) is 0 Å². The van der Waals surface area contributed by atoms with Gasteiger partial charge in [-0.1, -0.05) is 6.92 Å². The van der Waals surface area contributed by atoms with E-state index in [1.165, 1.54) is 6.92 Å². The summed E-state index contributed by atoms with van der Waals surface area (Å²) in [6.07, 6.45) is -0.407. The average molecular weight is 195 g/mol. The predicted octanol–water partition coefficient (Wildman–Crippen LogP) is 0.917. The predicted molar refractivity (Wildman–Crippen MR) is 44.5 cm³/mol. The van der Waals surface area contributed by atoms with Gasteiger partial charge in [0.25, 0.3) is 5.91 Å². The number of carbonyl (C=O) groups excluding carboxylic acids is 1. The molecule has 0 bridgehead atoms. The van der Waals surface area contributed by atoms with E-state index in [-0.39, 0.29) is 0 Å². The third kappa shape index (κ3) is 4.17. The molecule has 0 rings (SSSR count). The Morgan fingerprint density at radius 3 is 2.31 bits per heavy atom. The maximum atomic E-state index is 12.4. The van der Waals surface area contributed by atoms with Crippen LogP contribution in [0.4, 0.5) is 8.78 Å². The van der Waals surface area contributed by atoms with Gasteiger partial charge in [-0.25, -0.2) is 0 Å². The second-order valence-corrected chi connectivity index (χ2v) is 3.12. The summed E-state index contributed by atoms with van der Waals surface area (Å²) in [6.45, 7) is 3.67. The van der Waals surface area contributed by atoms with E-state index in [0.717, 1.165) is 0 Å². The van der Waals surface area contributed by atoms with Crippen LogP contribution in [0.5, 0.6) is 0 Å². The van der Waals surface area contributed by atoms with Crippen LogP contribution < -0.4 is 5.32 Å². The molecule has 5 heteroatoms. The Bertz CT molecular complexity index is 177. The molecule has 3 nitrogen and oxygen atoms in total. The summed E-state index contributed by atoms with van der Waals surface area (Å²) in [5.74, 6) is -4.73. The van der Waals surface area contributed by atoms with Crippen molar-refractivity contribution in [3.8, 4) is 0 Å². The van der Waals surface area contributed by atoms with Crippen LogP contribution in [0.25, 0.3) is 0 Å². The Hall–Kier alpha value is -0.710. The molecule has 0 aromatic rings. The number of hydrogen-bond acceptors (Lipinski definition) is 2. The zero-order chi connectivity index (χ0) is 10.6. The zero-order valence-electron chi connectivity index (χ0n) is 7.97. The number of alkyl halides is 2. The third-order valence-electron chi connectivity index (χ3n) is 1.74. The quantitative estimate of drug-likeness (QED) is 0.700. The van der Waals surface area contributed by atoms with Crippen LogP contribution in [0, 0.1) is 0 Å². The summed E-state index contributed by atoms with van der Waals surface area (Å²) < 4.78 is 24.8. The molecule has 2 atom stereocenters. The molecule has 0 radical (unpaired) electrons. The van der Waals surface area contributed by atoms with Gasteiger partial charge in [-0.05, 0) is 13.3 Å². The van der Waals surface area contributed by atoms with Gasteiger partial charge in [0, 0.05) is 6.92 Å². The minimum atomic E-state index is -3.39. The highest BCUT2D eigenvalue weighted by Crippen LogP contribution is 2.12. The summed E-state index contributed by atoms with van der Waals surface area (Å²) in [7, 11) is 0. The van der Waals surface area contributed by atoms with Gasteiger partial charge >= 0.3 is 5.92 Å². The van der Waals surface area contributed by atoms with E-state index in [0.29, 0.717) is 13.3 Å². The first-order valence-electron chi connectivity index (χ1n) is 4.16. The second-order valence-electron chi connectivity index (χ2n) is 3.12. The highest BCUT2D eigenvalue weighted by atomic mass is 19.3. The van der Waals surface area contributed by atoms with Crippen LogP contribution in [0.1, 0.15) is 27.2 Å². The number of nitrogens with one attached hydrogen (secondary N) is 1. The smallest absolute Gasteiger partial charge is 0.321 e. The molecule has 0 saturated heterocycles. The summed E-state index contributed by atoms with van der Waals surface area (Å²) >= 11 is 0.